The molecule has 0 atom stereocenters. The third-order valence-corrected chi connectivity index (χ3v) is 5.15. The van der Waals surface area contributed by atoms with Gasteiger partial charge in [0.15, 0.2) is 0 Å². The maximum Gasteiger partial charge on any atom is 0.246 e. The van der Waals surface area contributed by atoms with E-state index in [0.29, 0.717) is 15.7 Å². The summed E-state index contributed by atoms with van der Waals surface area (Å²) in [4.78, 5) is 0.160. The predicted molar refractivity (Wildman–Crippen MR) is 78.4 cm³/mol. The molecule has 0 bridgehead atoms. The van der Waals surface area contributed by atoms with E-state index in [-0.39, 0.29) is 11.4 Å². The fourth-order valence-corrected chi connectivity index (χ4v) is 3.66. The topological polar surface area (TPSA) is 66.1 Å². The molecule has 20 heavy (non-hydrogen) atoms. The quantitative estimate of drug-likeness (QED) is 0.935. The summed E-state index contributed by atoms with van der Waals surface area (Å²) in [6, 6.07) is 4.96. The molecule has 0 saturated heterocycles. The van der Waals surface area contributed by atoms with Crippen molar-refractivity contribution in [1.29, 1.82) is 0 Å². The Kier molecular flexibility index (Phi) is 4.39. The summed E-state index contributed by atoms with van der Waals surface area (Å²) in [5.41, 5.74) is 1.22. The van der Waals surface area contributed by atoms with Crippen LogP contribution in [0, 0.1) is 6.92 Å². The van der Waals surface area contributed by atoms with Gasteiger partial charge < -0.3 is 0 Å². The van der Waals surface area contributed by atoms with Gasteiger partial charge in [-0.15, -0.1) is 0 Å². The number of nitrogens with zero attached hydrogens (tertiary/aromatic N) is 2. The highest BCUT2D eigenvalue weighted by atomic mass is 35.5. The molecule has 1 aromatic carbocycles. The molecule has 0 unspecified atom stereocenters. The summed E-state index contributed by atoms with van der Waals surface area (Å²) in [7, 11) is -2.10. The third-order valence-electron chi connectivity index (χ3n) is 2.80. The van der Waals surface area contributed by atoms with Crippen LogP contribution in [0.4, 0.5) is 0 Å². The van der Waals surface area contributed by atoms with E-state index in [1.54, 1.807) is 25.1 Å². The summed E-state index contributed by atoms with van der Waals surface area (Å²) >= 11 is 11.8. The number of hydrogen-bond donors (Lipinski definition) is 1. The number of aryl methyl sites for hydroxylation is 1. The van der Waals surface area contributed by atoms with E-state index in [2.05, 4.69) is 10.2 Å². The number of hydrogen-bond acceptors (Lipinski definition) is 3. The lowest BCUT2D eigenvalue weighted by Gasteiger charge is -2.17. The minimum atomic E-state index is -3.60. The van der Waals surface area contributed by atoms with E-state index < -0.39 is 10.0 Å². The van der Waals surface area contributed by atoms with Gasteiger partial charge in [-0.25, -0.2) is 8.42 Å². The van der Waals surface area contributed by atoms with Crippen molar-refractivity contribution in [2.75, 3.05) is 7.05 Å². The van der Waals surface area contributed by atoms with Gasteiger partial charge in [0.1, 0.15) is 4.90 Å². The summed E-state index contributed by atoms with van der Waals surface area (Å²) < 4.78 is 26.0. The molecule has 5 nitrogen and oxygen atoms in total. The first kappa shape index (κ1) is 15.3. The standard InChI is InChI=1S/C12H13Cl2N3O2S/c1-8-12(6-15-16-8)20(18,19)17(2)7-9-3-10(13)5-11(14)4-9/h3-6H,7H2,1-2H3,(H,15,16). The van der Waals surface area contributed by atoms with E-state index >= 15 is 0 Å². The van der Waals surface area contributed by atoms with Gasteiger partial charge in [-0.1, -0.05) is 23.2 Å². The summed E-state index contributed by atoms with van der Waals surface area (Å²) in [6.45, 7) is 1.83. The molecular formula is C12H13Cl2N3O2S. The number of benzene rings is 1. The molecule has 0 saturated carbocycles. The zero-order valence-corrected chi connectivity index (χ0v) is 13.2. The SMILES string of the molecule is Cc1[nH]ncc1S(=O)(=O)N(C)Cc1cc(Cl)cc(Cl)c1. The van der Waals surface area contributed by atoms with Gasteiger partial charge in [-0.05, 0) is 30.7 Å². The van der Waals surface area contributed by atoms with Crippen LogP contribution in [-0.2, 0) is 16.6 Å². The molecule has 1 aromatic heterocycles. The van der Waals surface area contributed by atoms with Crippen LogP contribution in [0.3, 0.4) is 0 Å². The Morgan fingerprint density at radius 3 is 2.35 bits per heavy atom. The van der Waals surface area contributed by atoms with Crippen molar-refractivity contribution < 1.29 is 8.42 Å². The van der Waals surface area contributed by atoms with Crippen LogP contribution in [0.15, 0.2) is 29.3 Å². The molecular weight excluding hydrogens is 321 g/mol. The van der Waals surface area contributed by atoms with Crippen molar-refractivity contribution in [2.24, 2.45) is 0 Å². The Morgan fingerprint density at radius 2 is 1.85 bits per heavy atom. The molecule has 0 aliphatic rings. The van der Waals surface area contributed by atoms with Crippen LogP contribution >= 0.6 is 23.2 Å². The van der Waals surface area contributed by atoms with Gasteiger partial charge in [0.2, 0.25) is 10.0 Å². The number of aromatic amines is 1. The second kappa shape index (κ2) is 5.73. The summed E-state index contributed by atoms with van der Waals surface area (Å²) in [6.07, 6.45) is 1.30. The smallest absolute Gasteiger partial charge is 0.246 e. The maximum atomic E-state index is 12.4. The molecule has 0 aliphatic carbocycles. The van der Waals surface area contributed by atoms with Crippen LogP contribution in [0.1, 0.15) is 11.3 Å². The van der Waals surface area contributed by atoms with E-state index in [1.807, 2.05) is 0 Å². The maximum absolute atomic E-state index is 12.4. The molecule has 0 amide bonds. The van der Waals surface area contributed by atoms with Gasteiger partial charge in [0, 0.05) is 23.6 Å². The largest absolute Gasteiger partial charge is 0.281 e. The normalized spacial score (nSPS) is 12.1. The predicted octanol–water partition coefficient (Wildman–Crippen LogP) is 2.85. The average Bonchev–Trinajstić information content (AvgIpc) is 2.74. The van der Waals surface area contributed by atoms with Crippen LogP contribution < -0.4 is 0 Å². The zero-order chi connectivity index (χ0) is 14.9. The van der Waals surface area contributed by atoms with Crippen LogP contribution in [0.5, 0.6) is 0 Å². The molecule has 0 fully saturated rings. The molecule has 0 aliphatic heterocycles. The van der Waals surface area contributed by atoms with E-state index in [1.165, 1.54) is 17.5 Å². The van der Waals surface area contributed by atoms with E-state index in [4.69, 9.17) is 23.2 Å². The second-order valence-electron chi connectivity index (χ2n) is 4.40. The molecule has 1 N–H and O–H groups in total. The lowest BCUT2D eigenvalue weighted by molar-refractivity contribution is 0.466. The van der Waals surface area contributed by atoms with Crippen molar-refractivity contribution in [3.05, 3.63) is 45.7 Å². The first-order valence-electron chi connectivity index (χ1n) is 5.72. The van der Waals surface area contributed by atoms with Crippen LogP contribution in [-0.4, -0.2) is 30.0 Å². The van der Waals surface area contributed by atoms with Crippen molar-refractivity contribution in [2.45, 2.75) is 18.4 Å². The number of rotatable bonds is 4. The highest BCUT2D eigenvalue weighted by Crippen LogP contribution is 2.22. The fraction of sp³-hybridized carbons (Fsp3) is 0.250. The molecule has 2 rings (SSSR count). The average molecular weight is 334 g/mol. The van der Waals surface area contributed by atoms with E-state index in [0.717, 1.165) is 5.56 Å². The number of aromatic nitrogens is 2. The number of halogens is 2. The van der Waals surface area contributed by atoms with Crippen molar-refractivity contribution >= 4 is 33.2 Å². The number of H-pyrrole nitrogens is 1. The monoisotopic (exact) mass is 333 g/mol. The highest BCUT2D eigenvalue weighted by Gasteiger charge is 2.24. The fourth-order valence-electron chi connectivity index (χ4n) is 1.81. The highest BCUT2D eigenvalue weighted by molar-refractivity contribution is 7.89. The Bertz CT molecular complexity index is 708. The molecule has 1 heterocycles. The molecule has 108 valence electrons. The lowest BCUT2D eigenvalue weighted by atomic mass is 10.2. The number of sulfonamides is 1. The van der Waals surface area contributed by atoms with E-state index in [9.17, 15) is 8.42 Å². The van der Waals surface area contributed by atoms with Gasteiger partial charge in [-0.2, -0.15) is 9.40 Å². The first-order valence-corrected chi connectivity index (χ1v) is 7.91. The zero-order valence-electron chi connectivity index (χ0n) is 10.9. The van der Waals surface area contributed by atoms with Crippen molar-refractivity contribution in [3.63, 3.8) is 0 Å². The minimum Gasteiger partial charge on any atom is -0.281 e. The van der Waals surface area contributed by atoms with Gasteiger partial charge in [0.25, 0.3) is 0 Å². The summed E-state index contributed by atoms with van der Waals surface area (Å²) in [5, 5.41) is 7.29. The third kappa shape index (κ3) is 3.15. The molecule has 0 spiro atoms. The molecule has 8 heteroatoms. The van der Waals surface area contributed by atoms with Gasteiger partial charge >= 0.3 is 0 Å². The molecule has 0 radical (unpaired) electrons. The molecule has 2 aromatic rings. The van der Waals surface area contributed by atoms with Gasteiger partial charge in [0.05, 0.1) is 11.9 Å². The summed E-state index contributed by atoms with van der Waals surface area (Å²) in [5.74, 6) is 0. The second-order valence-corrected chi connectivity index (χ2v) is 7.28. The van der Waals surface area contributed by atoms with Gasteiger partial charge in [-0.3, -0.25) is 5.10 Å². The van der Waals surface area contributed by atoms with Crippen molar-refractivity contribution in [1.82, 2.24) is 14.5 Å². The minimum absolute atomic E-state index is 0.160. The Hall–Kier alpha value is -1.08. The van der Waals surface area contributed by atoms with Crippen LogP contribution in [0.25, 0.3) is 0 Å². The lowest BCUT2D eigenvalue weighted by Crippen LogP contribution is -2.26. The Labute approximate surface area is 127 Å². The first-order chi connectivity index (χ1) is 9.30. The van der Waals surface area contributed by atoms with Crippen molar-refractivity contribution in [3.8, 4) is 0 Å². The number of nitrogens with one attached hydrogen (secondary N) is 1. The van der Waals surface area contributed by atoms with Crippen LogP contribution in [0.2, 0.25) is 10.0 Å². The Balaban J connectivity index is 2.28. The Morgan fingerprint density at radius 1 is 1.25 bits per heavy atom.